The molecule has 0 aliphatic heterocycles. The van der Waals surface area contributed by atoms with Crippen LogP contribution in [-0.4, -0.2) is 26.1 Å². The Bertz CT molecular complexity index is 340. The second-order valence-electron chi connectivity index (χ2n) is 3.67. The van der Waals surface area contributed by atoms with Gasteiger partial charge in [0.15, 0.2) is 0 Å². The zero-order valence-corrected chi connectivity index (χ0v) is 10.8. The SMILES string of the molecule is COC(=O)[C@@H](CCCl)[C@@H](OC)c1ccccc1. The average molecular weight is 257 g/mol. The summed E-state index contributed by atoms with van der Waals surface area (Å²) < 4.78 is 10.2. The van der Waals surface area contributed by atoms with Gasteiger partial charge >= 0.3 is 5.97 Å². The maximum Gasteiger partial charge on any atom is 0.311 e. The third-order valence-electron chi connectivity index (χ3n) is 2.67. The average Bonchev–Trinajstić information content (AvgIpc) is 2.39. The highest BCUT2D eigenvalue weighted by Gasteiger charge is 2.29. The van der Waals surface area contributed by atoms with Gasteiger partial charge in [0.2, 0.25) is 0 Å². The van der Waals surface area contributed by atoms with E-state index in [0.29, 0.717) is 12.3 Å². The van der Waals surface area contributed by atoms with E-state index in [2.05, 4.69) is 0 Å². The van der Waals surface area contributed by atoms with Gasteiger partial charge in [0.25, 0.3) is 0 Å². The third-order valence-corrected chi connectivity index (χ3v) is 2.89. The zero-order chi connectivity index (χ0) is 12.7. The quantitative estimate of drug-likeness (QED) is 0.580. The van der Waals surface area contributed by atoms with Gasteiger partial charge < -0.3 is 9.47 Å². The number of benzene rings is 1. The second kappa shape index (κ2) is 7.30. The summed E-state index contributed by atoms with van der Waals surface area (Å²) in [5, 5.41) is 0. The van der Waals surface area contributed by atoms with Crippen LogP contribution in [0.25, 0.3) is 0 Å². The number of alkyl halides is 1. The summed E-state index contributed by atoms with van der Waals surface area (Å²) in [4.78, 5) is 11.7. The lowest BCUT2D eigenvalue weighted by Gasteiger charge is -2.23. The molecule has 4 heteroatoms. The maximum atomic E-state index is 11.7. The van der Waals surface area contributed by atoms with Gasteiger partial charge in [-0.2, -0.15) is 0 Å². The number of hydrogen-bond acceptors (Lipinski definition) is 3. The van der Waals surface area contributed by atoms with E-state index in [1.807, 2.05) is 30.3 Å². The standard InChI is InChI=1S/C13H17ClO3/c1-16-12(10-6-4-3-5-7-10)11(8-9-14)13(15)17-2/h3-7,11-12H,8-9H2,1-2H3/t11-,12-/m0/s1. The molecule has 3 nitrogen and oxygen atoms in total. The number of carbonyl (C=O) groups excluding carboxylic acids is 1. The predicted molar refractivity (Wildman–Crippen MR) is 67.0 cm³/mol. The molecule has 0 radical (unpaired) electrons. The van der Waals surface area contributed by atoms with Crippen LogP contribution in [0.2, 0.25) is 0 Å². The molecule has 0 aliphatic carbocycles. The van der Waals surface area contributed by atoms with E-state index in [1.54, 1.807) is 7.11 Å². The number of hydrogen-bond donors (Lipinski definition) is 0. The molecule has 0 saturated heterocycles. The van der Waals surface area contributed by atoms with Gasteiger partial charge in [-0.25, -0.2) is 0 Å². The minimum Gasteiger partial charge on any atom is -0.469 e. The van der Waals surface area contributed by atoms with Crippen molar-refractivity contribution in [2.75, 3.05) is 20.1 Å². The van der Waals surface area contributed by atoms with Crippen LogP contribution >= 0.6 is 11.6 Å². The van der Waals surface area contributed by atoms with Crippen molar-refractivity contribution in [1.29, 1.82) is 0 Å². The highest BCUT2D eigenvalue weighted by atomic mass is 35.5. The van der Waals surface area contributed by atoms with E-state index in [1.165, 1.54) is 7.11 Å². The van der Waals surface area contributed by atoms with Gasteiger partial charge in [-0.05, 0) is 12.0 Å². The molecule has 0 heterocycles. The van der Waals surface area contributed by atoms with Gasteiger partial charge in [0, 0.05) is 13.0 Å². The van der Waals surface area contributed by atoms with Crippen LogP contribution in [0.1, 0.15) is 18.1 Å². The van der Waals surface area contributed by atoms with Gasteiger partial charge in [-0.15, -0.1) is 11.6 Å². The highest BCUT2D eigenvalue weighted by molar-refractivity contribution is 6.17. The highest BCUT2D eigenvalue weighted by Crippen LogP contribution is 2.29. The Balaban J connectivity index is 2.93. The van der Waals surface area contributed by atoms with Gasteiger partial charge in [0.1, 0.15) is 0 Å². The smallest absolute Gasteiger partial charge is 0.311 e. The Kier molecular flexibility index (Phi) is 6.01. The molecular formula is C13H17ClO3. The molecule has 0 fully saturated rings. The van der Waals surface area contributed by atoms with E-state index in [4.69, 9.17) is 21.1 Å². The fourth-order valence-electron chi connectivity index (χ4n) is 1.84. The Hall–Kier alpha value is -1.06. The van der Waals surface area contributed by atoms with Crippen LogP contribution < -0.4 is 0 Å². The van der Waals surface area contributed by atoms with E-state index >= 15 is 0 Å². The molecular weight excluding hydrogens is 240 g/mol. The topological polar surface area (TPSA) is 35.5 Å². The number of esters is 1. The van der Waals surface area contributed by atoms with Crippen LogP contribution in [0.5, 0.6) is 0 Å². The number of halogens is 1. The minimum atomic E-state index is -0.370. The molecule has 0 spiro atoms. The van der Waals surface area contributed by atoms with Gasteiger partial charge in [-0.1, -0.05) is 30.3 Å². The van der Waals surface area contributed by atoms with Crippen molar-refractivity contribution in [2.45, 2.75) is 12.5 Å². The van der Waals surface area contributed by atoms with Crippen molar-refractivity contribution < 1.29 is 14.3 Å². The number of rotatable bonds is 6. The fourth-order valence-corrected chi connectivity index (χ4v) is 2.07. The molecule has 2 atom stereocenters. The first-order chi connectivity index (χ1) is 8.24. The molecule has 0 amide bonds. The van der Waals surface area contributed by atoms with E-state index < -0.39 is 0 Å². The first-order valence-corrected chi connectivity index (χ1v) is 5.99. The summed E-state index contributed by atoms with van der Waals surface area (Å²) in [6.07, 6.45) is 0.212. The van der Waals surface area contributed by atoms with Gasteiger partial charge in [-0.3, -0.25) is 4.79 Å². The summed E-state index contributed by atoms with van der Waals surface area (Å²) in [7, 11) is 2.96. The monoisotopic (exact) mass is 256 g/mol. The summed E-state index contributed by atoms with van der Waals surface area (Å²) in [6, 6.07) is 9.61. The van der Waals surface area contributed by atoms with Crippen molar-refractivity contribution in [2.24, 2.45) is 5.92 Å². The molecule has 94 valence electrons. The molecule has 17 heavy (non-hydrogen) atoms. The summed E-state index contributed by atoms with van der Waals surface area (Å²) in [5.41, 5.74) is 0.954. The summed E-state index contributed by atoms with van der Waals surface area (Å²) in [5.74, 6) is -0.266. The molecule has 0 N–H and O–H groups in total. The Morgan fingerprint density at radius 3 is 2.41 bits per heavy atom. The first-order valence-electron chi connectivity index (χ1n) is 5.46. The van der Waals surface area contributed by atoms with Crippen LogP contribution in [0, 0.1) is 5.92 Å². The largest absolute Gasteiger partial charge is 0.469 e. The molecule has 0 aliphatic rings. The van der Waals surface area contributed by atoms with Gasteiger partial charge in [0.05, 0.1) is 19.1 Å². The van der Waals surface area contributed by atoms with Crippen LogP contribution in [0.15, 0.2) is 30.3 Å². The maximum absolute atomic E-state index is 11.7. The summed E-state index contributed by atoms with van der Waals surface area (Å²) >= 11 is 5.72. The lowest BCUT2D eigenvalue weighted by Crippen LogP contribution is -2.25. The van der Waals surface area contributed by atoms with Crippen LogP contribution in [-0.2, 0) is 14.3 Å². The normalized spacial score (nSPS) is 14.1. The zero-order valence-electron chi connectivity index (χ0n) is 10.1. The van der Waals surface area contributed by atoms with E-state index in [9.17, 15) is 4.79 Å². The predicted octanol–water partition coefficient (Wildman–Crippen LogP) is 2.79. The molecule has 1 aromatic rings. The van der Waals surface area contributed by atoms with Crippen molar-refractivity contribution in [3.8, 4) is 0 Å². The third kappa shape index (κ3) is 3.72. The number of carbonyl (C=O) groups is 1. The van der Waals surface area contributed by atoms with Crippen molar-refractivity contribution in [3.63, 3.8) is 0 Å². The summed E-state index contributed by atoms with van der Waals surface area (Å²) in [6.45, 7) is 0. The number of ether oxygens (including phenoxy) is 2. The Morgan fingerprint density at radius 2 is 1.94 bits per heavy atom. The first kappa shape index (κ1) is 14.0. The van der Waals surface area contributed by atoms with E-state index in [-0.39, 0.29) is 18.0 Å². The lowest BCUT2D eigenvalue weighted by atomic mass is 9.93. The number of methoxy groups -OCH3 is 2. The van der Waals surface area contributed by atoms with Crippen LogP contribution in [0.3, 0.4) is 0 Å². The Morgan fingerprint density at radius 1 is 1.29 bits per heavy atom. The molecule has 0 aromatic heterocycles. The lowest BCUT2D eigenvalue weighted by molar-refractivity contribution is -0.150. The molecule has 0 saturated carbocycles. The van der Waals surface area contributed by atoms with Crippen molar-refractivity contribution in [1.82, 2.24) is 0 Å². The van der Waals surface area contributed by atoms with Crippen molar-refractivity contribution >= 4 is 17.6 Å². The van der Waals surface area contributed by atoms with E-state index in [0.717, 1.165) is 5.56 Å². The molecule has 1 aromatic carbocycles. The second-order valence-corrected chi connectivity index (χ2v) is 4.05. The molecule has 1 rings (SSSR count). The Labute approximate surface area is 107 Å². The van der Waals surface area contributed by atoms with Crippen molar-refractivity contribution in [3.05, 3.63) is 35.9 Å². The molecule has 0 unspecified atom stereocenters. The fraction of sp³-hybridized carbons (Fsp3) is 0.462. The minimum absolute atomic E-state index is 0.290. The molecule has 0 bridgehead atoms. The van der Waals surface area contributed by atoms with Crippen LogP contribution in [0.4, 0.5) is 0 Å².